The SMILES string of the molecule is O=C(c1cc(Br)ccc1F)N1CCCOc2ccccc21. The number of nitrogens with zero attached hydrogens (tertiary/aromatic N) is 1. The van der Waals surface area contributed by atoms with Crippen molar-refractivity contribution in [3.8, 4) is 5.75 Å². The van der Waals surface area contributed by atoms with Crippen molar-refractivity contribution in [1.29, 1.82) is 0 Å². The molecule has 1 aliphatic heterocycles. The fourth-order valence-electron chi connectivity index (χ4n) is 2.35. The lowest BCUT2D eigenvalue weighted by atomic mass is 10.1. The third-order valence-corrected chi connectivity index (χ3v) is 3.84. The standard InChI is InChI=1S/C16H13BrFNO2/c17-11-6-7-13(18)12(10-11)16(20)19-8-3-9-21-15-5-2-1-4-14(15)19/h1-2,4-7,10H,3,8-9H2. The molecule has 0 bridgehead atoms. The van der Waals surface area contributed by atoms with Gasteiger partial charge in [0.1, 0.15) is 11.6 Å². The highest BCUT2D eigenvalue weighted by Crippen LogP contribution is 2.32. The topological polar surface area (TPSA) is 29.5 Å². The maximum absolute atomic E-state index is 14.0. The second-order valence-corrected chi connectivity index (χ2v) is 5.67. The van der Waals surface area contributed by atoms with Crippen molar-refractivity contribution in [2.75, 3.05) is 18.1 Å². The van der Waals surface area contributed by atoms with E-state index in [9.17, 15) is 9.18 Å². The van der Waals surface area contributed by atoms with Crippen molar-refractivity contribution < 1.29 is 13.9 Å². The van der Waals surface area contributed by atoms with Gasteiger partial charge in [0.05, 0.1) is 17.9 Å². The van der Waals surface area contributed by atoms with E-state index in [4.69, 9.17) is 4.74 Å². The average Bonchev–Trinajstić information content (AvgIpc) is 2.71. The lowest BCUT2D eigenvalue weighted by molar-refractivity contribution is 0.0983. The molecule has 3 nitrogen and oxygen atoms in total. The van der Waals surface area contributed by atoms with Gasteiger partial charge >= 0.3 is 0 Å². The van der Waals surface area contributed by atoms with E-state index >= 15 is 0 Å². The molecular weight excluding hydrogens is 337 g/mol. The summed E-state index contributed by atoms with van der Waals surface area (Å²) in [6, 6.07) is 11.7. The van der Waals surface area contributed by atoms with Gasteiger partial charge in [0.15, 0.2) is 0 Å². The van der Waals surface area contributed by atoms with Crippen molar-refractivity contribution >= 4 is 27.5 Å². The van der Waals surface area contributed by atoms with Crippen LogP contribution >= 0.6 is 15.9 Å². The van der Waals surface area contributed by atoms with Gasteiger partial charge in [-0.1, -0.05) is 28.1 Å². The first-order chi connectivity index (χ1) is 10.2. The molecule has 21 heavy (non-hydrogen) atoms. The minimum Gasteiger partial charge on any atom is -0.491 e. The van der Waals surface area contributed by atoms with E-state index in [1.807, 2.05) is 24.3 Å². The van der Waals surface area contributed by atoms with E-state index < -0.39 is 5.82 Å². The van der Waals surface area contributed by atoms with Gasteiger partial charge in [-0.2, -0.15) is 0 Å². The van der Waals surface area contributed by atoms with Gasteiger partial charge in [-0.25, -0.2) is 4.39 Å². The van der Waals surface area contributed by atoms with E-state index in [0.717, 1.165) is 0 Å². The molecule has 0 atom stereocenters. The van der Waals surface area contributed by atoms with Crippen LogP contribution < -0.4 is 9.64 Å². The molecule has 1 heterocycles. The molecular formula is C16H13BrFNO2. The molecule has 5 heteroatoms. The Labute approximate surface area is 130 Å². The molecule has 108 valence electrons. The number of benzene rings is 2. The van der Waals surface area contributed by atoms with Gasteiger partial charge < -0.3 is 9.64 Å². The van der Waals surface area contributed by atoms with Crippen LogP contribution in [0.4, 0.5) is 10.1 Å². The van der Waals surface area contributed by atoms with Crippen molar-refractivity contribution in [1.82, 2.24) is 0 Å². The molecule has 0 unspecified atom stereocenters. The summed E-state index contributed by atoms with van der Waals surface area (Å²) in [6.07, 6.45) is 0.704. The maximum atomic E-state index is 14.0. The summed E-state index contributed by atoms with van der Waals surface area (Å²) in [5.74, 6) is -0.226. The van der Waals surface area contributed by atoms with Crippen LogP contribution in [0.25, 0.3) is 0 Å². The van der Waals surface area contributed by atoms with Crippen LogP contribution in [0.15, 0.2) is 46.9 Å². The number of carbonyl (C=O) groups excluding carboxylic acids is 1. The Morgan fingerprint density at radius 1 is 1.24 bits per heavy atom. The number of halogens is 2. The van der Waals surface area contributed by atoms with Gasteiger partial charge in [0.2, 0.25) is 0 Å². The van der Waals surface area contributed by atoms with Gasteiger partial charge in [-0.3, -0.25) is 4.79 Å². The molecule has 0 saturated heterocycles. The molecule has 0 aromatic heterocycles. The Bertz CT molecular complexity index is 690. The normalized spacial score (nSPS) is 14.1. The van der Waals surface area contributed by atoms with E-state index in [2.05, 4.69) is 15.9 Å². The van der Waals surface area contributed by atoms with Gasteiger partial charge in [-0.15, -0.1) is 0 Å². The first-order valence-corrected chi connectivity index (χ1v) is 7.45. The number of carbonyl (C=O) groups is 1. The van der Waals surface area contributed by atoms with Gasteiger partial charge in [-0.05, 0) is 36.8 Å². The van der Waals surface area contributed by atoms with Crippen molar-refractivity contribution in [2.45, 2.75) is 6.42 Å². The molecule has 0 aliphatic carbocycles. The van der Waals surface area contributed by atoms with Crippen LogP contribution in [0.3, 0.4) is 0 Å². The molecule has 3 rings (SSSR count). The zero-order valence-electron chi connectivity index (χ0n) is 11.2. The molecule has 0 N–H and O–H groups in total. The summed E-state index contributed by atoms with van der Waals surface area (Å²) in [7, 11) is 0. The lowest BCUT2D eigenvalue weighted by Crippen LogP contribution is -2.32. The molecule has 0 spiro atoms. The monoisotopic (exact) mass is 349 g/mol. The Morgan fingerprint density at radius 3 is 2.90 bits per heavy atom. The Kier molecular flexibility index (Phi) is 3.92. The summed E-state index contributed by atoms with van der Waals surface area (Å²) in [5.41, 5.74) is 0.737. The first-order valence-electron chi connectivity index (χ1n) is 6.65. The fraction of sp³-hybridized carbons (Fsp3) is 0.188. The Hall–Kier alpha value is -1.88. The third-order valence-electron chi connectivity index (χ3n) is 3.34. The molecule has 0 fully saturated rings. The van der Waals surface area contributed by atoms with E-state index in [-0.39, 0.29) is 11.5 Å². The number of amides is 1. The second kappa shape index (κ2) is 5.85. The minimum atomic E-state index is -0.522. The zero-order valence-corrected chi connectivity index (χ0v) is 12.8. The Balaban J connectivity index is 2.03. The quantitative estimate of drug-likeness (QED) is 0.778. The van der Waals surface area contributed by atoms with Gasteiger partial charge in [0, 0.05) is 11.0 Å². The van der Waals surface area contributed by atoms with E-state index in [1.54, 1.807) is 11.0 Å². The third kappa shape index (κ3) is 2.78. The van der Waals surface area contributed by atoms with Crippen molar-refractivity contribution in [3.05, 3.63) is 58.3 Å². The largest absolute Gasteiger partial charge is 0.491 e. The van der Waals surface area contributed by atoms with Crippen LogP contribution in [-0.2, 0) is 0 Å². The highest BCUT2D eigenvalue weighted by molar-refractivity contribution is 9.10. The predicted octanol–water partition coefficient (Wildman–Crippen LogP) is 4.02. The number of anilines is 1. The summed E-state index contributed by atoms with van der Waals surface area (Å²) >= 11 is 3.27. The van der Waals surface area contributed by atoms with Crippen LogP contribution in [0.5, 0.6) is 5.75 Å². The van der Waals surface area contributed by atoms with E-state index in [0.29, 0.717) is 35.5 Å². The molecule has 0 radical (unpaired) electrons. The maximum Gasteiger partial charge on any atom is 0.261 e. The lowest BCUT2D eigenvalue weighted by Gasteiger charge is -2.22. The first kappa shape index (κ1) is 14.1. The number of hydrogen-bond acceptors (Lipinski definition) is 2. The number of fused-ring (bicyclic) bond motifs is 1. The van der Waals surface area contributed by atoms with Crippen LogP contribution in [0.1, 0.15) is 16.8 Å². The van der Waals surface area contributed by atoms with Crippen LogP contribution in [-0.4, -0.2) is 19.1 Å². The minimum absolute atomic E-state index is 0.0566. The molecule has 0 saturated carbocycles. The number of hydrogen-bond donors (Lipinski definition) is 0. The summed E-state index contributed by atoms with van der Waals surface area (Å²) in [4.78, 5) is 14.3. The van der Waals surface area contributed by atoms with Crippen molar-refractivity contribution in [2.24, 2.45) is 0 Å². The number of para-hydroxylation sites is 2. The molecule has 1 amide bonds. The molecule has 2 aromatic carbocycles. The summed E-state index contributed by atoms with van der Waals surface area (Å²) in [6.45, 7) is 1.05. The molecule has 2 aromatic rings. The number of rotatable bonds is 1. The average molecular weight is 350 g/mol. The fourth-order valence-corrected chi connectivity index (χ4v) is 2.71. The van der Waals surface area contributed by atoms with E-state index in [1.165, 1.54) is 12.1 Å². The Morgan fingerprint density at radius 2 is 2.05 bits per heavy atom. The molecule has 1 aliphatic rings. The highest BCUT2D eigenvalue weighted by Gasteiger charge is 2.25. The predicted molar refractivity (Wildman–Crippen MR) is 82.3 cm³/mol. The smallest absolute Gasteiger partial charge is 0.261 e. The summed E-state index contributed by atoms with van der Waals surface area (Å²) < 4.78 is 20.2. The summed E-state index contributed by atoms with van der Waals surface area (Å²) in [5, 5.41) is 0. The second-order valence-electron chi connectivity index (χ2n) is 4.75. The number of ether oxygens (including phenoxy) is 1. The van der Waals surface area contributed by atoms with Crippen LogP contribution in [0, 0.1) is 5.82 Å². The van der Waals surface area contributed by atoms with Gasteiger partial charge in [0.25, 0.3) is 5.91 Å². The van der Waals surface area contributed by atoms with Crippen molar-refractivity contribution in [3.63, 3.8) is 0 Å². The zero-order chi connectivity index (χ0) is 14.8. The highest BCUT2D eigenvalue weighted by atomic mass is 79.9. The van der Waals surface area contributed by atoms with Crippen LogP contribution in [0.2, 0.25) is 0 Å².